The van der Waals surface area contributed by atoms with E-state index in [9.17, 15) is 4.79 Å². The van der Waals surface area contributed by atoms with Crippen LogP contribution in [0.3, 0.4) is 0 Å². The number of thiophene rings is 1. The van der Waals surface area contributed by atoms with Crippen LogP contribution in [-0.4, -0.2) is 25.8 Å². The standard InChI is InChI=1S/C22H29N3O2SSi/c1-22(2,3)29(4,5)27-17-8-6-15(7-9-17)18(13-23)21(26)25-20-12-16-10-11-24-14-19(16)28-20/h6-12,14,18H,13,23H2,1-5H3,(H,25,26). The van der Waals surface area contributed by atoms with Gasteiger partial charge in [-0.3, -0.25) is 9.78 Å². The summed E-state index contributed by atoms with van der Waals surface area (Å²) in [5.74, 6) is 0.318. The zero-order valence-corrected chi connectivity index (χ0v) is 19.5. The lowest BCUT2D eigenvalue weighted by atomic mass is 9.98. The molecule has 0 bridgehead atoms. The van der Waals surface area contributed by atoms with Gasteiger partial charge in [0.05, 0.1) is 15.6 Å². The fraction of sp³-hybridized carbons (Fsp3) is 0.364. The molecule has 1 unspecified atom stereocenters. The van der Waals surface area contributed by atoms with Crippen molar-refractivity contribution in [3.05, 3.63) is 54.4 Å². The molecule has 1 aromatic carbocycles. The lowest BCUT2D eigenvalue weighted by Gasteiger charge is -2.36. The van der Waals surface area contributed by atoms with Gasteiger partial charge in [0.15, 0.2) is 0 Å². The topological polar surface area (TPSA) is 77.2 Å². The summed E-state index contributed by atoms with van der Waals surface area (Å²) in [4.78, 5) is 17.0. The van der Waals surface area contributed by atoms with Crippen molar-refractivity contribution in [2.24, 2.45) is 5.73 Å². The van der Waals surface area contributed by atoms with Gasteiger partial charge in [0.1, 0.15) is 5.75 Å². The largest absolute Gasteiger partial charge is 0.544 e. The Kier molecular flexibility index (Phi) is 6.12. The Morgan fingerprint density at radius 3 is 2.52 bits per heavy atom. The molecule has 0 saturated heterocycles. The summed E-state index contributed by atoms with van der Waals surface area (Å²) in [7, 11) is -1.90. The van der Waals surface area contributed by atoms with Crippen molar-refractivity contribution in [3.63, 3.8) is 0 Å². The van der Waals surface area contributed by atoms with Crippen molar-refractivity contribution in [2.75, 3.05) is 11.9 Å². The van der Waals surface area contributed by atoms with E-state index in [4.69, 9.17) is 10.2 Å². The van der Waals surface area contributed by atoms with Crippen molar-refractivity contribution in [1.82, 2.24) is 4.98 Å². The van der Waals surface area contributed by atoms with Crippen molar-refractivity contribution in [2.45, 2.75) is 44.8 Å². The minimum absolute atomic E-state index is 0.106. The van der Waals surface area contributed by atoms with Crippen LogP contribution in [0.25, 0.3) is 10.1 Å². The molecule has 2 heterocycles. The number of nitrogens with zero attached hydrogens (tertiary/aromatic N) is 1. The van der Waals surface area contributed by atoms with Crippen molar-refractivity contribution >= 4 is 40.6 Å². The molecule has 1 atom stereocenters. The molecule has 154 valence electrons. The van der Waals surface area contributed by atoms with Gasteiger partial charge in [-0.2, -0.15) is 0 Å². The lowest BCUT2D eigenvalue weighted by molar-refractivity contribution is -0.117. The first-order chi connectivity index (χ1) is 13.6. The summed E-state index contributed by atoms with van der Waals surface area (Å²) >= 11 is 1.51. The average molecular weight is 428 g/mol. The normalized spacial score (nSPS) is 13.3. The molecule has 2 aromatic heterocycles. The number of carbonyl (C=O) groups is 1. The molecule has 29 heavy (non-hydrogen) atoms. The minimum atomic E-state index is -1.90. The van der Waals surface area contributed by atoms with Crippen molar-refractivity contribution < 1.29 is 9.22 Å². The molecule has 0 saturated carbocycles. The van der Waals surface area contributed by atoms with Crippen LogP contribution in [0.5, 0.6) is 5.75 Å². The summed E-state index contributed by atoms with van der Waals surface area (Å²) in [6.07, 6.45) is 3.55. The van der Waals surface area contributed by atoms with E-state index in [0.29, 0.717) is 0 Å². The highest BCUT2D eigenvalue weighted by atomic mass is 32.1. The zero-order chi connectivity index (χ0) is 21.2. The number of nitrogens with one attached hydrogen (secondary N) is 1. The Labute approximate surface area is 177 Å². The summed E-state index contributed by atoms with van der Waals surface area (Å²) in [5, 5.41) is 5.00. The van der Waals surface area contributed by atoms with Crippen LogP contribution in [0.2, 0.25) is 18.1 Å². The maximum absolute atomic E-state index is 12.8. The molecule has 3 rings (SSSR count). The van der Waals surface area contributed by atoms with Crippen molar-refractivity contribution in [1.29, 1.82) is 0 Å². The first-order valence-corrected chi connectivity index (χ1v) is 13.5. The highest BCUT2D eigenvalue weighted by molar-refractivity contribution is 7.22. The van der Waals surface area contributed by atoms with E-state index >= 15 is 0 Å². The number of benzene rings is 1. The monoisotopic (exact) mass is 427 g/mol. The second-order valence-corrected chi connectivity index (χ2v) is 14.5. The van der Waals surface area contributed by atoms with Crippen LogP contribution in [0.1, 0.15) is 32.3 Å². The third kappa shape index (κ3) is 4.86. The summed E-state index contributed by atoms with van der Waals surface area (Å²) in [5.41, 5.74) is 6.82. The van der Waals surface area contributed by atoms with Gasteiger partial charge in [-0.25, -0.2) is 0 Å². The second-order valence-electron chi connectivity index (χ2n) is 8.73. The predicted molar refractivity (Wildman–Crippen MR) is 124 cm³/mol. The molecule has 3 N–H and O–H groups in total. The minimum Gasteiger partial charge on any atom is -0.544 e. The van der Waals surface area contributed by atoms with Gasteiger partial charge in [0, 0.05) is 18.9 Å². The van der Waals surface area contributed by atoms with Crippen LogP contribution in [0.4, 0.5) is 5.00 Å². The van der Waals surface area contributed by atoms with Gasteiger partial charge in [-0.15, -0.1) is 11.3 Å². The number of aromatic nitrogens is 1. The number of rotatable bonds is 6. The fourth-order valence-corrected chi connectivity index (χ4v) is 4.73. The van der Waals surface area contributed by atoms with E-state index in [1.807, 2.05) is 36.4 Å². The van der Waals surface area contributed by atoms with E-state index in [2.05, 4.69) is 44.2 Å². The Morgan fingerprint density at radius 2 is 1.93 bits per heavy atom. The zero-order valence-electron chi connectivity index (χ0n) is 17.7. The van der Waals surface area contributed by atoms with Gasteiger partial charge in [-0.1, -0.05) is 32.9 Å². The SMILES string of the molecule is CC(C)(C)[Si](C)(C)Oc1ccc(C(CN)C(=O)Nc2cc3ccncc3s2)cc1. The van der Waals surface area contributed by atoms with Gasteiger partial charge in [-0.05, 0) is 53.3 Å². The number of nitrogens with two attached hydrogens (primary N) is 1. The van der Waals surface area contributed by atoms with Gasteiger partial charge in [0.2, 0.25) is 14.2 Å². The maximum atomic E-state index is 12.8. The van der Waals surface area contributed by atoms with Gasteiger partial charge < -0.3 is 15.5 Å². The molecule has 3 aromatic rings. The molecule has 0 aliphatic rings. The van der Waals surface area contributed by atoms with Crippen LogP contribution < -0.4 is 15.5 Å². The molecule has 0 spiro atoms. The Morgan fingerprint density at radius 1 is 1.24 bits per heavy atom. The third-order valence-electron chi connectivity index (χ3n) is 5.58. The molecular weight excluding hydrogens is 398 g/mol. The summed E-state index contributed by atoms with van der Waals surface area (Å²) in [6.45, 7) is 11.3. The summed E-state index contributed by atoms with van der Waals surface area (Å²) < 4.78 is 7.37. The number of anilines is 1. The number of fused-ring (bicyclic) bond motifs is 1. The van der Waals surface area contributed by atoms with Crippen LogP contribution in [0, 0.1) is 0 Å². The highest BCUT2D eigenvalue weighted by Crippen LogP contribution is 2.37. The van der Waals surface area contributed by atoms with E-state index in [0.717, 1.165) is 26.4 Å². The fourth-order valence-electron chi connectivity index (χ4n) is 2.76. The molecule has 7 heteroatoms. The lowest BCUT2D eigenvalue weighted by Crippen LogP contribution is -2.43. The van der Waals surface area contributed by atoms with E-state index in [1.54, 1.807) is 12.4 Å². The predicted octanol–water partition coefficient (Wildman–Crippen LogP) is 5.36. The van der Waals surface area contributed by atoms with Crippen LogP contribution in [0.15, 0.2) is 48.8 Å². The van der Waals surface area contributed by atoms with Gasteiger partial charge in [0.25, 0.3) is 0 Å². The maximum Gasteiger partial charge on any atom is 0.250 e. The number of hydrogen-bond acceptors (Lipinski definition) is 5. The van der Waals surface area contributed by atoms with E-state index < -0.39 is 14.2 Å². The first-order valence-electron chi connectivity index (χ1n) is 9.74. The molecule has 0 aliphatic heterocycles. The van der Waals surface area contributed by atoms with Crippen LogP contribution in [-0.2, 0) is 4.79 Å². The number of hydrogen-bond donors (Lipinski definition) is 2. The Bertz CT molecular complexity index is 960. The number of carbonyl (C=O) groups excluding carboxylic acids is 1. The Balaban J connectivity index is 1.72. The quantitative estimate of drug-likeness (QED) is 0.519. The molecule has 0 fully saturated rings. The van der Waals surface area contributed by atoms with E-state index in [1.165, 1.54) is 11.3 Å². The van der Waals surface area contributed by atoms with Gasteiger partial charge >= 0.3 is 0 Å². The molecule has 0 aliphatic carbocycles. The summed E-state index contributed by atoms with van der Waals surface area (Å²) in [6, 6.07) is 11.7. The molecule has 0 radical (unpaired) electrons. The molecular formula is C22H29N3O2SSi. The highest BCUT2D eigenvalue weighted by Gasteiger charge is 2.39. The van der Waals surface area contributed by atoms with Crippen LogP contribution >= 0.6 is 11.3 Å². The Hall–Kier alpha value is -2.22. The number of pyridine rings is 1. The average Bonchev–Trinajstić information content (AvgIpc) is 3.04. The van der Waals surface area contributed by atoms with E-state index in [-0.39, 0.29) is 17.5 Å². The molecule has 1 amide bonds. The smallest absolute Gasteiger partial charge is 0.250 e. The second kappa shape index (κ2) is 8.26. The van der Waals surface area contributed by atoms with Crippen molar-refractivity contribution in [3.8, 4) is 5.75 Å². The number of amides is 1. The third-order valence-corrected chi connectivity index (χ3v) is 10.9. The first kappa shape index (κ1) is 21.5. The molecule has 5 nitrogen and oxygen atoms in total.